The molecule has 2 fully saturated rings. The van der Waals surface area contributed by atoms with Gasteiger partial charge in [-0.2, -0.15) is 13.2 Å². The van der Waals surface area contributed by atoms with Gasteiger partial charge >= 0.3 is 20.0 Å². The molecule has 4 rings (SSSR count). The van der Waals surface area contributed by atoms with E-state index in [0.29, 0.717) is 36.9 Å². The van der Waals surface area contributed by atoms with Gasteiger partial charge in [0.2, 0.25) is 0 Å². The van der Waals surface area contributed by atoms with Crippen molar-refractivity contribution >= 4 is 42.7 Å². The zero-order valence-electron chi connectivity index (χ0n) is 23.1. The number of benzene rings is 2. The van der Waals surface area contributed by atoms with Gasteiger partial charge in [0.25, 0.3) is 5.91 Å². The minimum atomic E-state index is -4.73. The molecule has 1 atom stereocenters. The van der Waals surface area contributed by atoms with E-state index in [1.807, 2.05) is 4.90 Å². The van der Waals surface area contributed by atoms with Crippen LogP contribution in [0.4, 0.5) is 38.1 Å². The number of amides is 3. The first-order chi connectivity index (χ1) is 20.6. The van der Waals surface area contributed by atoms with Crippen LogP contribution in [0.1, 0.15) is 28.8 Å². The summed E-state index contributed by atoms with van der Waals surface area (Å²) in [6.07, 6.45) is -5.87. The summed E-state index contributed by atoms with van der Waals surface area (Å²) in [5, 5.41) is 5.29. The van der Waals surface area contributed by atoms with Gasteiger partial charge in [-0.1, -0.05) is 17.7 Å². The molecular weight excluding hydrogens is 640 g/mol. The number of nitrogens with one attached hydrogen (secondary N) is 2. The van der Waals surface area contributed by atoms with Crippen molar-refractivity contribution in [3.05, 3.63) is 58.1 Å². The molecule has 2 aliphatic heterocycles. The Morgan fingerprint density at radius 1 is 1.05 bits per heavy atom. The summed E-state index contributed by atoms with van der Waals surface area (Å²) in [6, 6.07) is 6.05. The van der Waals surface area contributed by atoms with Crippen molar-refractivity contribution in [2.75, 3.05) is 56.0 Å². The first-order valence-corrected chi connectivity index (χ1v) is 15.4. The Morgan fingerprint density at radius 2 is 1.75 bits per heavy atom. The third-order valence-electron chi connectivity index (χ3n) is 7.19. The molecule has 18 heteroatoms. The number of anilines is 2. The Balaban J connectivity index is 1.37. The molecule has 2 aliphatic rings. The van der Waals surface area contributed by atoms with Crippen LogP contribution in [0.25, 0.3) is 0 Å². The smallest absolute Gasteiger partial charge is 0.367 e. The van der Waals surface area contributed by atoms with Gasteiger partial charge in [-0.05, 0) is 30.7 Å². The maximum Gasteiger partial charge on any atom is 0.469 e. The fourth-order valence-corrected chi connectivity index (χ4v) is 5.66. The van der Waals surface area contributed by atoms with Crippen molar-refractivity contribution in [3.8, 4) is 0 Å². The molecule has 242 valence electrons. The lowest BCUT2D eigenvalue weighted by Crippen LogP contribution is -2.47. The van der Waals surface area contributed by atoms with E-state index < -0.39 is 62.2 Å². The number of phosphoric acid groups is 1. The number of rotatable bonds is 9. The number of carbonyl (C=O) groups is 2. The monoisotopic (exact) mass is 669 g/mol. The molecule has 2 aromatic carbocycles. The van der Waals surface area contributed by atoms with Crippen LogP contribution in [0.5, 0.6) is 0 Å². The zero-order valence-corrected chi connectivity index (χ0v) is 24.8. The number of halogens is 6. The first kappa shape index (κ1) is 33.9. The van der Waals surface area contributed by atoms with E-state index in [4.69, 9.17) is 21.4 Å². The normalized spacial score (nSPS) is 18.0. The highest BCUT2D eigenvalue weighted by Crippen LogP contribution is 2.39. The largest absolute Gasteiger partial charge is 0.469 e. The molecule has 3 amide bonds. The fraction of sp³-hybridized carbons (Fsp3) is 0.462. The molecular formula is C26H30ClF5N5O6P. The van der Waals surface area contributed by atoms with Crippen molar-refractivity contribution in [1.29, 1.82) is 0 Å². The van der Waals surface area contributed by atoms with Crippen LogP contribution in [0.2, 0.25) is 5.02 Å². The summed E-state index contributed by atoms with van der Waals surface area (Å²) in [7, 11) is -4.73. The lowest BCUT2D eigenvalue weighted by molar-refractivity contribution is -0.138. The van der Waals surface area contributed by atoms with Crippen molar-refractivity contribution < 1.29 is 50.4 Å². The predicted octanol–water partition coefficient (Wildman–Crippen LogP) is 4.34. The molecule has 0 spiro atoms. The molecule has 2 aromatic rings. The fourth-order valence-electron chi connectivity index (χ4n) is 4.94. The molecule has 2 saturated heterocycles. The van der Waals surface area contributed by atoms with Gasteiger partial charge in [-0.15, -0.1) is 0 Å². The standard InChI is InChI=1S/C26H30ClF5N5O6P/c27-17-2-4-20(21(13-17)36-11-9-35(10-12-36)8-6-26(30,31)32)34-24(38)19-3-1-16(22(28)23(19)29)14-33-25(39)37-7-5-18(15-37)43-44(40,41)42/h1-4,13,18H,5-12,14-15H2,(H,33,39)(H,34,38)(H2,40,41,42)/t18-/m0/s1. The highest BCUT2D eigenvalue weighted by molar-refractivity contribution is 7.46. The van der Waals surface area contributed by atoms with Gasteiger partial charge in [-0.3, -0.25) is 14.2 Å². The van der Waals surface area contributed by atoms with E-state index in [0.717, 1.165) is 12.1 Å². The van der Waals surface area contributed by atoms with E-state index in [1.165, 1.54) is 17.0 Å². The number of likely N-dealkylation sites (tertiary alicyclic amines) is 1. The minimum absolute atomic E-state index is 0.104. The summed E-state index contributed by atoms with van der Waals surface area (Å²) in [5.41, 5.74) is -0.138. The maximum atomic E-state index is 15.0. The van der Waals surface area contributed by atoms with E-state index in [1.54, 1.807) is 11.0 Å². The molecule has 44 heavy (non-hydrogen) atoms. The average Bonchev–Trinajstić information content (AvgIpc) is 3.40. The predicted molar refractivity (Wildman–Crippen MR) is 150 cm³/mol. The molecule has 0 unspecified atom stereocenters. The van der Waals surface area contributed by atoms with Gasteiger partial charge < -0.3 is 30.2 Å². The molecule has 0 aromatic heterocycles. The van der Waals surface area contributed by atoms with Crippen LogP contribution in [0, 0.1) is 11.6 Å². The lowest BCUT2D eigenvalue weighted by Gasteiger charge is -2.37. The molecule has 2 heterocycles. The van der Waals surface area contributed by atoms with E-state index >= 15 is 4.39 Å². The molecule has 0 aliphatic carbocycles. The summed E-state index contributed by atoms with van der Waals surface area (Å²) < 4.78 is 83.2. The van der Waals surface area contributed by atoms with Crippen LogP contribution < -0.4 is 15.5 Å². The number of carbonyl (C=O) groups excluding carboxylic acids is 2. The van der Waals surface area contributed by atoms with Crippen LogP contribution in [0.3, 0.4) is 0 Å². The average molecular weight is 670 g/mol. The van der Waals surface area contributed by atoms with Crippen molar-refractivity contribution in [2.24, 2.45) is 0 Å². The second kappa shape index (κ2) is 14.0. The third kappa shape index (κ3) is 9.25. The van der Waals surface area contributed by atoms with Crippen LogP contribution in [-0.4, -0.2) is 89.6 Å². The number of alkyl halides is 3. The number of hydrogen-bond acceptors (Lipinski definition) is 6. The van der Waals surface area contributed by atoms with E-state index in [-0.39, 0.29) is 37.3 Å². The summed E-state index contributed by atoms with van der Waals surface area (Å²) in [6.45, 7) is 0.841. The summed E-state index contributed by atoms with van der Waals surface area (Å²) >= 11 is 6.15. The Bertz CT molecular complexity index is 1420. The zero-order chi connectivity index (χ0) is 32.2. The number of urea groups is 1. The van der Waals surface area contributed by atoms with Crippen molar-refractivity contribution in [3.63, 3.8) is 0 Å². The second-order valence-electron chi connectivity index (χ2n) is 10.3. The molecule has 0 radical (unpaired) electrons. The number of piperazine rings is 1. The maximum absolute atomic E-state index is 15.0. The first-order valence-electron chi connectivity index (χ1n) is 13.5. The SMILES string of the molecule is O=C(Nc1ccc(Cl)cc1N1CCN(CCC(F)(F)F)CC1)c1ccc(CNC(=O)N2CC[C@H](OP(=O)(O)O)C2)c(F)c1F. The van der Waals surface area contributed by atoms with Gasteiger partial charge in [-0.25, -0.2) is 18.1 Å². The van der Waals surface area contributed by atoms with Crippen LogP contribution in [0.15, 0.2) is 30.3 Å². The molecule has 0 bridgehead atoms. The number of phosphoric ester groups is 1. The van der Waals surface area contributed by atoms with Crippen molar-refractivity contribution in [1.82, 2.24) is 15.1 Å². The summed E-state index contributed by atoms with van der Waals surface area (Å²) in [4.78, 5) is 47.9. The number of nitrogens with zero attached hydrogens (tertiary/aromatic N) is 3. The Morgan fingerprint density at radius 3 is 2.41 bits per heavy atom. The minimum Gasteiger partial charge on any atom is -0.367 e. The highest BCUT2D eigenvalue weighted by Gasteiger charge is 2.32. The summed E-state index contributed by atoms with van der Waals surface area (Å²) in [5.74, 6) is -3.76. The van der Waals surface area contributed by atoms with Gasteiger partial charge in [0.1, 0.15) is 0 Å². The highest BCUT2D eigenvalue weighted by atomic mass is 35.5. The Hall–Kier alpha value is -3.01. The molecule has 11 nitrogen and oxygen atoms in total. The Labute approximate surface area is 254 Å². The van der Waals surface area contributed by atoms with Crippen LogP contribution in [-0.2, 0) is 15.6 Å². The second-order valence-corrected chi connectivity index (χ2v) is 11.9. The Kier molecular flexibility index (Phi) is 10.7. The quantitative estimate of drug-likeness (QED) is 0.229. The topological polar surface area (TPSA) is 135 Å². The van der Waals surface area contributed by atoms with E-state index in [2.05, 4.69) is 15.2 Å². The molecule has 4 N–H and O–H groups in total. The molecule has 0 saturated carbocycles. The third-order valence-corrected chi connectivity index (χ3v) is 8.00. The van der Waals surface area contributed by atoms with Crippen LogP contribution >= 0.6 is 19.4 Å². The number of hydrogen-bond donors (Lipinski definition) is 4. The van der Waals surface area contributed by atoms with Crippen molar-refractivity contribution in [2.45, 2.75) is 31.7 Å². The lowest BCUT2D eigenvalue weighted by atomic mass is 10.1. The van der Waals surface area contributed by atoms with Gasteiger partial charge in [0, 0.05) is 62.9 Å². The van der Waals surface area contributed by atoms with Gasteiger partial charge in [0.15, 0.2) is 11.6 Å². The van der Waals surface area contributed by atoms with E-state index in [9.17, 15) is 31.7 Å². The van der Waals surface area contributed by atoms with Gasteiger partial charge in [0.05, 0.1) is 29.5 Å².